The fraction of sp³-hybridized carbons (Fsp3) is 0.692. The molecule has 0 aliphatic carbocycles. The van der Waals surface area contributed by atoms with Crippen LogP contribution in [0, 0.1) is 18.3 Å². The van der Waals surface area contributed by atoms with Crippen molar-refractivity contribution in [1.29, 1.82) is 0 Å². The zero-order valence-electron chi connectivity index (χ0n) is 11.2. The monoisotopic (exact) mass is 254 g/mol. The van der Waals surface area contributed by atoms with E-state index in [0.717, 1.165) is 6.42 Å². The highest BCUT2D eigenvalue weighted by Crippen LogP contribution is 2.09. The van der Waals surface area contributed by atoms with Gasteiger partial charge < -0.3 is 15.7 Å². The van der Waals surface area contributed by atoms with E-state index >= 15 is 0 Å². The van der Waals surface area contributed by atoms with Gasteiger partial charge in [0.15, 0.2) is 0 Å². The number of carbonyl (C=O) groups is 2. The van der Waals surface area contributed by atoms with Gasteiger partial charge in [0.1, 0.15) is 0 Å². The Morgan fingerprint density at radius 1 is 1.39 bits per heavy atom. The van der Waals surface area contributed by atoms with Crippen LogP contribution in [0.15, 0.2) is 0 Å². The van der Waals surface area contributed by atoms with E-state index in [2.05, 4.69) is 16.6 Å². The summed E-state index contributed by atoms with van der Waals surface area (Å²) in [5, 5.41) is 13.9. The van der Waals surface area contributed by atoms with Gasteiger partial charge in [0, 0.05) is 13.0 Å². The minimum absolute atomic E-state index is 0.164. The van der Waals surface area contributed by atoms with Crippen molar-refractivity contribution in [2.75, 3.05) is 6.54 Å². The summed E-state index contributed by atoms with van der Waals surface area (Å²) in [5.41, 5.74) is -0.668. The number of carbonyl (C=O) groups excluding carboxylic acids is 1. The van der Waals surface area contributed by atoms with E-state index in [1.165, 1.54) is 0 Å². The predicted octanol–water partition coefficient (Wildman–Crippen LogP) is 1.59. The Bertz CT molecular complexity index is 332. The second kappa shape index (κ2) is 7.59. The topological polar surface area (TPSA) is 78.4 Å². The number of rotatable bonds is 7. The summed E-state index contributed by atoms with van der Waals surface area (Å²) in [4.78, 5) is 21.8. The molecule has 0 bridgehead atoms. The maximum atomic E-state index is 11.5. The molecular formula is C13H22N2O3. The zero-order valence-corrected chi connectivity index (χ0v) is 11.2. The van der Waals surface area contributed by atoms with Crippen LogP contribution in [-0.4, -0.2) is 29.2 Å². The Hall–Kier alpha value is -1.70. The van der Waals surface area contributed by atoms with Crippen molar-refractivity contribution in [2.24, 2.45) is 5.92 Å². The molecule has 5 nitrogen and oxygen atoms in total. The van der Waals surface area contributed by atoms with Crippen molar-refractivity contribution < 1.29 is 14.7 Å². The number of urea groups is 1. The van der Waals surface area contributed by atoms with Crippen LogP contribution in [0.25, 0.3) is 0 Å². The van der Waals surface area contributed by atoms with Gasteiger partial charge in [-0.2, -0.15) is 0 Å². The number of amides is 2. The molecule has 0 saturated heterocycles. The second-order valence-corrected chi connectivity index (χ2v) is 4.98. The second-order valence-electron chi connectivity index (χ2n) is 4.98. The highest BCUT2D eigenvalue weighted by molar-refractivity contribution is 5.75. The first-order valence-electron chi connectivity index (χ1n) is 6.02. The van der Waals surface area contributed by atoms with E-state index in [4.69, 9.17) is 11.5 Å². The molecule has 5 heteroatoms. The number of nitrogens with one attached hydrogen (secondary N) is 2. The fourth-order valence-electron chi connectivity index (χ4n) is 1.31. The summed E-state index contributed by atoms with van der Waals surface area (Å²) >= 11 is 0. The van der Waals surface area contributed by atoms with Crippen molar-refractivity contribution in [3.63, 3.8) is 0 Å². The highest BCUT2D eigenvalue weighted by atomic mass is 16.4. The lowest BCUT2D eigenvalue weighted by Gasteiger charge is -2.20. The molecule has 0 saturated carbocycles. The summed E-state index contributed by atoms with van der Waals surface area (Å²) < 4.78 is 0. The minimum atomic E-state index is -0.789. The van der Waals surface area contributed by atoms with E-state index in [9.17, 15) is 9.59 Å². The first kappa shape index (κ1) is 16.3. The first-order valence-corrected chi connectivity index (χ1v) is 6.02. The van der Waals surface area contributed by atoms with Crippen molar-refractivity contribution in [3.05, 3.63) is 0 Å². The van der Waals surface area contributed by atoms with Gasteiger partial charge >= 0.3 is 12.0 Å². The molecular weight excluding hydrogens is 232 g/mol. The molecule has 0 fully saturated rings. The summed E-state index contributed by atoms with van der Waals surface area (Å²) in [5.74, 6) is 1.94. The summed E-state index contributed by atoms with van der Waals surface area (Å²) in [6.45, 7) is 5.95. The maximum absolute atomic E-state index is 11.5. The number of hydrogen-bond acceptors (Lipinski definition) is 2. The molecule has 0 aromatic rings. The Morgan fingerprint density at radius 2 is 2.00 bits per heavy atom. The highest BCUT2D eigenvalue weighted by Gasteiger charge is 2.16. The third-order valence-electron chi connectivity index (χ3n) is 2.56. The molecule has 0 rings (SSSR count). The van der Waals surface area contributed by atoms with E-state index < -0.39 is 11.5 Å². The number of terminal acetylenes is 1. The van der Waals surface area contributed by atoms with Crippen molar-refractivity contribution in [3.8, 4) is 12.3 Å². The Morgan fingerprint density at radius 3 is 2.50 bits per heavy atom. The largest absolute Gasteiger partial charge is 0.481 e. The van der Waals surface area contributed by atoms with E-state index in [1.807, 2.05) is 6.92 Å². The molecule has 1 atom stereocenters. The molecule has 0 aliphatic rings. The SMILES string of the molecule is C#CC(C)(C)NC(=O)NCCC(C)CCC(=O)O. The lowest BCUT2D eigenvalue weighted by molar-refractivity contribution is -0.137. The Kier molecular flexibility index (Phi) is 6.88. The maximum Gasteiger partial charge on any atom is 0.315 e. The van der Waals surface area contributed by atoms with Crippen LogP contribution in [0.4, 0.5) is 4.79 Å². The number of carboxylic acid groups (broad SMARTS) is 1. The van der Waals surface area contributed by atoms with Crippen LogP contribution in [0.1, 0.15) is 40.0 Å². The molecule has 0 aromatic carbocycles. The summed E-state index contributed by atoms with van der Waals surface area (Å²) in [7, 11) is 0. The van der Waals surface area contributed by atoms with E-state index in [-0.39, 0.29) is 18.4 Å². The van der Waals surface area contributed by atoms with Crippen LogP contribution < -0.4 is 10.6 Å². The van der Waals surface area contributed by atoms with Gasteiger partial charge in [0.25, 0.3) is 0 Å². The third-order valence-corrected chi connectivity index (χ3v) is 2.56. The van der Waals surface area contributed by atoms with Crippen molar-refractivity contribution in [1.82, 2.24) is 10.6 Å². The van der Waals surface area contributed by atoms with Gasteiger partial charge in [-0.15, -0.1) is 6.42 Å². The molecule has 18 heavy (non-hydrogen) atoms. The third kappa shape index (κ3) is 8.45. The number of aliphatic carboxylic acids is 1. The molecule has 0 aromatic heterocycles. The van der Waals surface area contributed by atoms with Gasteiger partial charge in [0.05, 0.1) is 5.54 Å². The first-order chi connectivity index (χ1) is 8.26. The fourth-order valence-corrected chi connectivity index (χ4v) is 1.31. The predicted molar refractivity (Wildman–Crippen MR) is 70.1 cm³/mol. The number of hydrogen-bond donors (Lipinski definition) is 3. The van der Waals surface area contributed by atoms with Crippen LogP contribution in [0.2, 0.25) is 0 Å². The molecule has 102 valence electrons. The van der Waals surface area contributed by atoms with E-state index in [0.29, 0.717) is 13.0 Å². The van der Waals surface area contributed by atoms with Crippen LogP contribution >= 0.6 is 0 Å². The van der Waals surface area contributed by atoms with Crippen molar-refractivity contribution >= 4 is 12.0 Å². The van der Waals surface area contributed by atoms with E-state index in [1.54, 1.807) is 13.8 Å². The average Bonchev–Trinajstić information content (AvgIpc) is 2.25. The molecule has 0 aliphatic heterocycles. The van der Waals surface area contributed by atoms with Gasteiger partial charge in [0.2, 0.25) is 0 Å². The van der Waals surface area contributed by atoms with Gasteiger partial charge in [-0.25, -0.2) is 4.79 Å². The summed E-state index contributed by atoms with van der Waals surface area (Å²) in [6, 6.07) is -0.302. The summed E-state index contributed by atoms with van der Waals surface area (Å²) in [6.07, 6.45) is 6.78. The molecule has 0 heterocycles. The van der Waals surface area contributed by atoms with Crippen LogP contribution in [0.5, 0.6) is 0 Å². The quantitative estimate of drug-likeness (QED) is 0.604. The molecule has 0 radical (unpaired) electrons. The standard InChI is InChI=1S/C13H22N2O3/c1-5-13(3,4)15-12(18)14-9-8-10(2)6-7-11(16)17/h1,10H,6-9H2,2-4H3,(H,16,17)(H2,14,15,18). The zero-order chi connectivity index (χ0) is 14.2. The van der Waals surface area contributed by atoms with Gasteiger partial charge in [-0.1, -0.05) is 12.8 Å². The smallest absolute Gasteiger partial charge is 0.315 e. The normalized spacial score (nSPS) is 12.3. The molecule has 3 N–H and O–H groups in total. The Labute approximate surface area is 108 Å². The van der Waals surface area contributed by atoms with Crippen molar-refractivity contribution in [2.45, 2.75) is 45.6 Å². The minimum Gasteiger partial charge on any atom is -0.481 e. The average molecular weight is 254 g/mol. The van der Waals surface area contributed by atoms with Crippen LogP contribution in [0.3, 0.4) is 0 Å². The number of carboxylic acids is 1. The molecule has 0 spiro atoms. The lowest BCUT2D eigenvalue weighted by atomic mass is 10.0. The molecule has 2 amide bonds. The Balaban J connectivity index is 3.75. The van der Waals surface area contributed by atoms with Gasteiger partial charge in [-0.3, -0.25) is 4.79 Å². The molecule has 1 unspecified atom stereocenters. The van der Waals surface area contributed by atoms with Crippen LogP contribution in [-0.2, 0) is 4.79 Å². The lowest BCUT2D eigenvalue weighted by Crippen LogP contribution is -2.47. The van der Waals surface area contributed by atoms with Gasteiger partial charge in [-0.05, 0) is 32.6 Å².